The van der Waals surface area contributed by atoms with Crippen LogP contribution in [0.5, 0.6) is 0 Å². The van der Waals surface area contributed by atoms with Gasteiger partial charge in [0.05, 0.1) is 0 Å². The summed E-state index contributed by atoms with van der Waals surface area (Å²) < 4.78 is 16.8. The van der Waals surface area contributed by atoms with Gasteiger partial charge in [0, 0.05) is 19.3 Å². The Kier molecular flexibility index (Phi) is 50.0. The van der Waals surface area contributed by atoms with Crippen molar-refractivity contribution in [2.24, 2.45) is 0 Å². The molecule has 6 nitrogen and oxygen atoms in total. The number of carbonyl (C=O) groups excluding carboxylic acids is 3. The van der Waals surface area contributed by atoms with Gasteiger partial charge in [-0.2, -0.15) is 0 Å². The van der Waals surface area contributed by atoms with Crippen LogP contribution in [0.15, 0.2) is 97.2 Å². The lowest BCUT2D eigenvalue weighted by Crippen LogP contribution is -2.30. The van der Waals surface area contributed by atoms with Crippen molar-refractivity contribution in [3.63, 3.8) is 0 Å². The maximum absolute atomic E-state index is 12.8. The summed E-state index contributed by atoms with van der Waals surface area (Å²) in [4.78, 5) is 38.0. The number of ether oxygens (including phenoxy) is 3. The highest BCUT2D eigenvalue weighted by molar-refractivity contribution is 5.71. The lowest BCUT2D eigenvalue weighted by atomic mass is 10.1. The molecule has 0 aromatic rings. The number of carbonyl (C=O) groups is 3. The first-order valence-electron chi connectivity index (χ1n) is 26.7. The van der Waals surface area contributed by atoms with Crippen molar-refractivity contribution in [3.05, 3.63) is 97.2 Å². The zero-order valence-electron chi connectivity index (χ0n) is 42.2. The van der Waals surface area contributed by atoms with Crippen LogP contribution in [0, 0.1) is 0 Å². The quantitative estimate of drug-likeness (QED) is 0.0262. The predicted molar refractivity (Wildman–Crippen MR) is 279 cm³/mol. The number of allylic oxidation sites excluding steroid dienone is 16. The Hall–Kier alpha value is -3.67. The summed E-state index contributed by atoms with van der Waals surface area (Å²) in [6.45, 7) is 6.35. The first kappa shape index (κ1) is 61.3. The molecule has 0 aliphatic rings. The van der Waals surface area contributed by atoms with E-state index in [1.807, 2.05) is 0 Å². The summed E-state index contributed by atoms with van der Waals surface area (Å²) in [5.74, 6) is -0.981. The van der Waals surface area contributed by atoms with Gasteiger partial charge >= 0.3 is 17.9 Å². The van der Waals surface area contributed by atoms with Gasteiger partial charge in [-0.1, -0.05) is 208 Å². The molecule has 0 radical (unpaired) electrons. The zero-order chi connectivity index (χ0) is 47.2. The Balaban J connectivity index is 4.50. The van der Waals surface area contributed by atoms with Crippen molar-refractivity contribution in [2.45, 2.75) is 245 Å². The van der Waals surface area contributed by atoms with Gasteiger partial charge in [-0.15, -0.1) is 0 Å². The summed E-state index contributed by atoms with van der Waals surface area (Å²) in [5.41, 5.74) is 0. The van der Waals surface area contributed by atoms with E-state index in [0.717, 1.165) is 109 Å². The van der Waals surface area contributed by atoms with Gasteiger partial charge in [0.15, 0.2) is 6.10 Å². The van der Waals surface area contributed by atoms with Crippen LogP contribution in [0.2, 0.25) is 0 Å². The SMILES string of the molecule is CC/C=C\C/C=C\C/C=C\C/C=C\C/C=C\CCCC(=O)OCC(COC(=O)CCCCCCCCC/C=C\C/C=C\CC)OC(=O)CCCCCCC/C=C\CCCCCCCCC. The molecule has 65 heavy (non-hydrogen) atoms. The number of hydrogen-bond acceptors (Lipinski definition) is 6. The molecule has 0 heterocycles. The van der Waals surface area contributed by atoms with Gasteiger partial charge in [0.1, 0.15) is 13.2 Å². The third kappa shape index (κ3) is 51.2. The van der Waals surface area contributed by atoms with E-state index < -0.39 is 6.10 Å². The molecule has 0 N–H and O–H groups in total. The van der Waals surface area contributed by atoms with Gasteiger partial charge in [-0.05, 0) is 109 Å². The molecule has 370 valence electrons. The van der Waals surface area contributed by atoms with E-state index in [0.29, 0.717) is 19.3 Å². The minimum atomic E-state index is -0.808. The highest BCUT2D eigenvalue weighted by atomic mass is 16.6. The van der Waals surface area contributed by atoms with E-state index >= 15 is 0 Å². The van der Waals surface area contributed by atoms with Crippen LogP contribution in [0.25, 0.3) is 0 Å². The largest absolute Gasteiger partial charge is 0.462 e. The predicted octanol–water partition coefficient (Wildman–Crippen LogP) is 17.8. The number of hydrogen-bond donors (Lipinski definition) is 0. The van der Waals surface area contributed by atoms with Crippen molar-refractivity contribution in [3.8, 4) is 0 Å². The van der Waals surface area contributed by atoms with Crippen LogP contribution >= 0.6 is 0 Å². The monoisotopic (exact) mass is 903 g/mol. The topological polar surface area (TPSA) is 78.9 Å². The summed E-state index contributed by atoms with van der Waals surface area (Å²) in [7, 11) is 0. The lowest BCUT2D eigenvalue weighted by Gasteiger charge is -2.18. The second-order valence-corrected chi connectivity index (χ2v) is 17.4. The molecule has 0 saturated heterocycles. The molecule has 1 atom stereocenters. The minimum absolute atomic E-state index is 0.103. The summed E-state index contributed by atoms with van der Waals surface area (Å²) in [6.07, 6.45) is 69.7. The van der Waals surface area contributed by atoms with E-state index in [-0.39, 0.29) is 37.5 Å². The molecule has 0 fully saturated rings. The van der Waals surface area contributed by atoms with Crippen LogP contribution < -0.4 is 0 Å². The van der Waals surface area contributed by atoms with Gasteiger partial charge < -0.3 is 14.2 Å². The molecule has 0 aromatic heterocycles. The van der Waals surface area contributed by atoms with E-state index in [1.165, 1.54) is 83.5 Å². The molecular formula is C59H98O6. The maximum Gasteiger partial charge on any atom is 0.306 e. The number of unbranched alkanes of at least 4 members (excludes halogenated alkanes) is 20. The van der Waals surface area contributed by atoms with Gasteiger partial charge in [0.25, 0.3) is 0 Å². The van der Waals surface area contributed by atoms with Gasteiger partial charge in [-0.25, -0.2) is 0 Å². The highest BCUT2D eigenvalue weighted by Gasteiger charge is 2.19. The van der Waals surface area contributed by atoms with Crippen molar-refractivity contribution in [1.29, 1.82) is 0 Å². The molecule has 0 saturated carbocycles. The minimum Gasteiger partial charge on any atom is -0.462 e. The van der Waals surface area contributed by atoms with Gasteiger partial charge in [0.2, 0.25) is 0 Å². The third-order valence-electron chi connectivity index (χ3n) is 11.1. The molecule has 6 heteroatoms. The molecule has 0 amide bonds. The Morgan fingerprint density at radius 3 is 1.02 bits per heavy atom. The summed E-state index contributed by atoms with van der Waals surface area (Å²) >= 11 is 0. The summed E-state index contributed by atoms with van der Waals surface area (Å²) in [5, 5.41) is 0. The average Bonchev–Trinajstić information content (AvgIpc) is 3.30. The zero-order valence-corrected chi connectivity index (χ0v) is 42.2. The standard InChI is InChI=1S/C59H98O6/c1-4-7-10-13-16-19-22-25-28-30-32-34-37-40-43-46-49-52-58(61)64-55-56(54-63-57(60)51-48-45-42-39-36-33-27-24-21-18-15-12-9-6-3)65-59(62)53-50-47-44-41-38-35-31-29-26-23-20-17-14-11-8-5-2/h7,9-10,12,16,18-19,21,25,28-29,31-32,34,40,43,56H,4-6,8,11,13-15,17,20,22-24,26-27,30,33,35-39,41-42,44-55H2,1-3H3/b10-7-,12-9-,19-16-,21-18-,28-25-,31-29-,34-32-,43-40-. The van der Waals surface area contributed by atoms with Crippen molar-refractivity contribution in [1.82, 2.24) is 0 Å². The molecule has 0 rings (SSSR count). The normalized spacial score (nSPS) is 12.8. The second kappa shape index (κ2) is 52.9. The molecule has 0 aliphatic carbocycles. The molecule has 0 spiro atoms. The van der Waals surface area contributed by atoms with E-state index in [4.69, 9.17) is 14.2 Å². The van der Waals surface area contributed by atoms with Crippen molar-refractivity contribution < 1.29 is 28.6 Å². The Morgan fingerprint density at radius 2 is 0.615 bits per heavy atom. The van der Waals surface area contributed by atoms with Crippen molar-refractivity contribution >= 4 is 17.9 Å². The van der Waals surface area contributed by atoms with Crippen molar-refractivity contribution in [2.75, 3.05) is 13.2 Å². The van der Waals surface area contributed by atoms with Crippen LogP contribution in [0.3, 0.4) is 0 Å². The fourth-order valence-corrected chi connectivity index (χ4v) is 7.10. The maximum atomic E-state index is 12.8. The molecule has 1 unspecified atom stereocenters. The number of esters is 3. The lowest BCUT2D eigenvalue weighted by molar-refractivity contribution is -0.167. The molecule has 0 aliphatic heterocycles. The Bertz CT molecular complexity index is 1310. The van der Waals surface area contributed by atoms with Crippen LogP contribution in [0.4, 0.5) is 0 Å². The van der Waals surface area contributed by atoms with Crippen LogP contribution in [-0.4, -0.2) is 37.2 Å². The molecular weight excluding hydrogens is 805 g/mol. The highest BCUT2D eigenvalue weighted by Crippen LogP contribution is 2.14. The number of rotatable bonds is 47. The summed E-state index contributed by atoms with van der Waals surface area (Å²) in [6, 6.07) is 0. The Labute approximate surface area is 400 Å². The van der Waals surface area contributed by atoms with E-state index in [2.05, 4.69) is 118 Å². The van der Waals surface area contributed by atoms with E-state index in [9.17, 15) is 14.4 Å². The van der Waals surface area contributed by atoms with Gasteiger partial charge in [-0.3, -0.25) is 14.4 Å². The molecule has 0 bridgehead atoms. The third-order valence-corrected chi connectivity index (χ3v) is 11.1. The first-order valence-corrected chi connectivity index (χ1v) is 26.7. The van der Waals surface area contributed by atoms with E-state index in [1.54, 1.807) is 0 Å². The smallest absolute Gasteiger partial charge is 0.306 e. The van der Waals surface area contributed by atoms with Crippen LogP contribution in [-0.2, 0) is 28.6 Å². The Morgan fingerprint density at radius 1 is 0.323 bits per heavy atom. The van der Waals surface area contributed by atoms with Crippen LogP contribution in [0.1, 0.15) is 239 Å². The fraction of sp³-hybridized carbons (Fsp3) is 0.678. The second-order valence-electron chi connectivity index (χ2n) is 17.4. The average molecular weight is 903 g/mol. The fourth-order valence-electron chi connectivity index (χ4n) is 7.10. The first-order chi connectivity index (χ1) is 32.0. The molecule has 0 aromatic carbocycles.